The number of hydrogen-bond donors (Lipinski definition) is 0. The van der Waals surface area contributed by atoms with Crippen molar-refractivity contribution in [3.8, 4) is 10.4 Å². The first-order valence-corrected chi connectivity index (χ1v) is 16.0. The van der Waals surface area contributed by atoms with Crippen molar-refractivity contribution < 1.29 is 0 Å². The van der Waals surface area contributed by atoms with Crippen LogP contribution in [-0.4, -0.2) is 0 Å². The molecule has 0 aliphatic heterocycles. The van der Waals surface area contributed by atoms with Gasteiger partial charge < -0.3 is 0 Å². The molecular weight excluding hydrogens is 448 g/mol. The topological polar surface area (TPSA) is 0 Å². The van der Waals surface area contributed by atoms with Gasteiger partial charge in [0.1, 0.15) is 0 Å². The quantitative estimate of drug-likeness (QED) is 0.195. The van der Waals surface area contributed by atoms with E-state index in [0.717, 1.165) is 11.8 Å². The van der Waals surface area contributed by atoms with Crippen LogP contribution < -0.4 is 0 Å². The molecule has 2 heterocycles. The number of thiophene rings is 2. The molecule has 0 atom stereocenters. The summed E-state index contributed by atoms with van der Waals surface area (Å²) >= 11 is 3.99. The molecule has 0 spiro atoms. The molecule has 1 aliphatic rings. The van der Waals surface area contributed by atoms with Gasteiger partial charge in [0.05, 0.1) is 0 Å². The molecule has 1 aliphatic carbocycles. The molecule has 0 nitrogen and oxygen atoms in total. The highest BCUT2D eigenvalue weighted by atomic mass is 32.1. The van der Waals surface area contributed by atoms with Gasteiger partial charge in [-0.3, -0.25) is 0 Å². The third-order valence-electron chi connectivity index (χ3n) is 8.01. The van der Waals surface area contributed by atoms with Crippen LogP contribution in [0.2, 0.25) is 0 Å². The van der Waals surface area contributed by atoms with E-state index in [9.17, 15) is 0 Å². The Morgan fingerprint density at radius 1 is 0.676 bits per heavy atom. The molecule has 2 aromatic heterocycles. The Morgan fingerprint density at radius 2 is 1.32 bits per heavy atom. The van der Waals surface area contributed by atoms with Crippen molar-refractivity contribution in [3.05, 3.63) is 46.8 Å². The fourth-order valence-electron chi connectivity index (χ4n) is 5.79. The van der Waals surface area contributed by atoms with Gasteiger partial charge in [0.25, 0.3) is 0 Å². The van der Waals surface area contributed by atoms with Crippen LogP contribution in [-0.2, 0) is 6.42 Å². The minimum absolute atomic E-state index is 0.789. The van der Waals surface area contributed by atoms with E-state index >= 15 is 0 Å². The van der Waals surface area contributed by atoms with Crippen LogP contribution in [0.25, 0.3) is 19.8 Å². The zero-order chi connectivity index (χ0) is 23.6. The third-order valence-corrected chi connectivity index (χ3v) is 10.4. The number of rotatable bonds is 14. The average Bonchev–Trinajstić information content (AvgIpc) is 3.43. The maximum atomic E-state index is 2.45. The zero-order valence-corrected chi connectivity index (χ0v) is 23.4. The van der Waals surface area contributed by atoms with Gasteiger partial charge in [0.15, 0.2) is 0 Å². The van der Waals surface area contributed by atoms with Crippen molar-refractivity contribution in [1.29, 1.82) is 0 Å². The van der Waals surface area contributed by atoms with Crippen molar-refractivity contribution in [2.45, 2.75) is 122 Å². The second-order valence-corrected chi connectivity index (χ2v) is 13.0. The van der Waals surface area contributed by atoms with Gasteiger partial charge in [-0.1, -0.05) is 102 Å². The lowest BCUT2D eigenvalue weighted by Crippen LogP contribution is -2.13. The molecule has 34 heavy (non-hydrogen) atoms. The Labute approximate surface area is 217 Å². The van der Waals surface area contributed by atoms with Gasteiger partial charge in [-0.25, -0.2) is 0 Å². The van der Waals surface area contributed by atoms with Gasteiger partial charge in [0.2, 0.25) is 0 Å². The predicted octanol–water partition coefficient (Wildman–Crippen LogP) is 11.8. The summed E-state index contributed by atoms with van der Waals surface area (Å²) in [5.74, 6) is 1.79. The summed E-state index contributed by atoms with van der Waals surface area (Å²) in [6, 6.07) is 14.5. The summed E-state index contributed by atoms with van der Waals surface area (Å²) in [5.41, 5.74) is 2.98. The maximum Gasteiger partial charge on any atom is 0.0460 e. The molecule has 1 fully saturated rings. The van der Waals surface area contributed by atoms with Crippen molar-refractivity contribution in [1.82, 2.24) is 0 Å². The molecular formula is C32H46S2. The lowest BCUT2D eigenvalue weighted by atomic mass is 9.77. The lowest BCUT2D eigenvalue weighted by molar-refractivity contribution is 0.302. The van der Waals surface area contributed by atoms with Crippen LogP contribution in [0, 0.1) is 5.92 Å². The van der Waals surface area contributed by atoms with Crippen molar-refractivity contribution in [2.75, 3.05) is 0 Å². The first-order valence-electron chi connectivity index (χ1n) is 14.4. The van der Waals surface area contributed by atoms with E-state index in [4.69, 9.17) is 0 Å². The first-order chi connectivity index (χ1) is 16.8. The van der Waals surface area contributed by atoms with Crippen LogP contribution in [0.4, 0.5) is 0 Å². The molecule has 1 aromatic carbocycles. The monoisotopic (exact) mass is 494 g/mol. The average molecular weight is 495 g/mol. The number of fused-ring (bicyclic) bond motifs is 1. The molecule has 0 N–H and O–H groups in total. The van der Waals surface area contributed by atoms with E-state index in [0.29, 0.717) is 0 Å². The minimum Gasteiger partial charge on any atom is -0.139 e. The Kier molecular flexibility index (Phi) is 10.6. The van der Waals surface area contributed by atoms with Gasteiger partial charge >= 0.3 is 0 Å². The summed E-state index contributed by atoms with van der Waals surface area (Å²) in [7, 11) is 0. The molecule has 4 rings (SSSR count). The third kappa shape index (κ3) is 7.44. The molecule has 0 amide bonds. The zero-order valence-electron chi connectivity index (χ0n) is 21.7. The predicted molar refractivity (Wildman–Crippen MR) is 156 cm³/mol. The van der Waals surface area contributed by atoms with Gasteiger partial charge in [0, 0.05) is 19.2 Å². The van der Waals surface area contributed by atoms with Crippen molar-refractivity contribution in [3.63, 3.8) is 0 Å². The fraction of sp³-hybridized carbons (Fsp3) is 0.625. The number of hydrogen-bond acceptors (Lipinski definition) is 2. The summed E-state index contributed by atoms with van der Waals surface area (Å²) < 4.78 is 2.96. The smallest absolute Gasteiger partial charge is 0.0460 e. The number of unbranched alkanes of at least 4 members (excludes halogenated alkanes) is 8. The van der Waals surface area contributed by atoms with Crippen molar-refractivity contribution in [2.24, 2.45) is 5.92 Å². The highest BCUT2D eigenvalue weighted by molar-refractivity contribution is 7.29. The lowest BCUT2D eigenvalue weighted by Gasteiger charge is -2.29. The Morgan fingerprint density at radius 3 is 2.03 bits per heavy atom. The van der Waals surface area contributed by atoms with Gasteiger partial charge in [-0.2, -0.15) is 0 Å². The van der Waals surface area contributed by atoms with E-state index in [1.165, 1.54) is 123 Å². The van der Waals surface area contributed by atoms with E-state index in [2.05, 4.69) is 50.2 Å². The van der Waals surface area contributed by atoms with E-state index < -0.39 is 0 Å². The number of benzene rings is 1. The summed E-state index contributed by atoms with van der Waals surface area (Å²) in [6.07, 6.45) is 22.5. The molecule has 0 bridgehead atoms. The standard InChI is InChI=1S/C32H46S2/c1-3-5-7-8-9-10-12-13-25-15-17-26(18-16-25)27-19-21-28(22-20-27)30-24-32-31(34-30)23-29(33-32)14-11-6-4-2/h19-26H,3-18H2,1-2H3/t25-,26-. The molecule has 2 heteroatoms. The Hall–Kier alpha value is -1.12. The summed E-state index contributed by atoms with van der Waals surface area (Å²) in [4.78, 5) is 3.01. The largest absolute Gasteiger partial charge is 0.139 e. The van der Waals surface area contributed by atoms with Gasteiger partial charge in [-0.05, 0) is 73.6 Å². The molecule has 0 radical (unpaired) electrons. The molecule has 0 saturated heterocycles. The Bertz CT molecular complexity index is 921. The first kappa shape index (κ1) is 26.0. The van der Waals surface area contributed by atoms with Crippen LogP contribution >= 0.6 is 22.7 Å². The van der Waals surface area contributed by atoms with Crippen LogP contribution in [0.1, 0.15) is 127 Å². The molecule has 3 aromatic rings. The Balaban J connectivity index is 1.21. The maximum absolute atomic E-state index is 2.45. The van der Waals surface area contributed by atoms with Crippen LogP contribution in [0.5, 0.6) is 0 Å². The second kappa shape index (κ2) is 13.8. The highest BCUT2D eigenvalue weighted by Gasteiger charge is 2.22. The van der Waals surface area contributed by atoms with E-state index in [-0.39, 0.29) is 0 Å². The molecule has 186 valence electrons. The van der Waals surface area contributed by atoms with Crippen LogP contribution in [0.3, 0.4) is 0 Å². The summed E-state index contributed by atoms with van der Waals surface area (Å²) in [6.45, 7) is 4.59. The van der Waals surface area contributed by atoms with Gasteiger partial charge in [-0.15, -0.1) is 22.7 Å². The molecule has 0 unspecified atom stereocenters. The highest BCUT2D eigenvalue weighted by Crippen LogP contribution is 2.41. The minimum atomic E-state index is 0.789. The SMILES string of the molecule is CCCCCCCCC[C@H]1CC[C@H](c2ccc(-c3cc4sc(CCCCC)cc4s3)cc2)CC1. The number of aryl methyl sites for hydroxylation is 1. The molecule has 1 saturated carbocycles. The normalized spacial score (nSPS) is 18.6. The fourth-order valence-corrected chi connectivity index (χ4v) is 8.26. The van der Waals surface area contributed by atoms with Crippen LogP contribution in [0.15, 0.2) is 36.4 Å². The van der Waals surface area contributed by atoms with E-state index in [1.807, 2.05) is 22.7 Å². The van der Waals surface area contributed by atoms with E-state index in [1.54, 1.807) is 10.4 Å². The van der Waals surface area contributed by atoms with Crippen molar-refractivity contribution >= 4 is 32.1 Å². The summed E-state index contributed by atoms with van der Waals surface area (Å²) in [5, 5.41) is 0. The second-order valence-electron chi connectivity index (χ2n) is 10.8.